The first-order chi connectivity index (χ1) is 8.22. The zero-order valence-corrected chi connectivity index (χ0v) is 11.3. The Hall–Kier alpha value is -0.300. The van der Waals surface area contributed by atoms with Gasteiger partial charge in [0, 0.05) is 0 Å². The van der Waals surface area contributed by atoms with E-state index in [1.807, 2.05) is 0 Å². The first-order valence-electron chi connectivity index (χ1n) is 7.49. The van der Waals surface area contributed by atoms with E-state index >= 15 is 0 Å². The summed E-state index contributed by atoms with van der Waals surface area (Å²) in [5.41, 5.74) is 1.43. The van der Waals surface area contributed by atoms with Gasteiger partial charge in [0.05, 0.1) is 12.7 Å². The van der Waals surface area contributed by atoms with Crippen molar-refractivity contribution in [1.29, 1.82) is 0 Å². The third-order valence-corrected chi connectivity index (χ3v) is 5.42. The van der Waals surface area contributed by atoms with E-state index in [9.17, 15) is 0 Å². The monoisotopic (exact) mass is 234 g/mol. The molecule has 0 bridgehead atoms. The van der Waals surface area contributed by atoms with Crippen LogP contribution in [0.3, 0.4) is 0 Å². The lowest BCUT2D eigenvalue weighted by molar-refractivity contribution is 0.0661. The molecule has 0 aromatic heterocycles. The van der Waals surface area contributed by atoms with Gasteiger partial charge in [0.1, 0.15) is 0 Å². The Morgan fingerprint density at radius 2 is 1.94 bits per heavy atom. The summed E-state index contributed by atoms with van der Waals surface area (Å²) in [4.78, 5) is 0. The van der Waals surface area contributed by atoms with Gasteiger partial charge in [0.25, 0.3) is 0 Å². The molecule has 17 heavy (non-hydrogen) atoms. The van der Waals surface area contributed by atoms with Crippen molar-refractivity contribution >= 4 is 0 Å². The highest BCUT2D eigenvalue weighted by atomic mass is 16.6. The number of epoxide rings is 1. The van der Waals surface area contributed by atoms with Crippen LogP contribution >= 0.6 is 0 Å². The van der Waals surface area contributed by atoms with Gasteiger partial charge in [-0.3, -0.25) is 0 Å². The fourth-order valence-electron chi connectivity index (χ4n) is 4.45. The van der Waals surface area contributed by atoms with Crippen LogP contribution in [0.25, 0.3) is 0 Å². The van der Waals surface area contributed by atoms with E-state index in [0.717, 1.165) is 36.2 Å². The summed E-state index contributed by atoms with van der Waals surface area (Å²) in [5.74, 6) is 4.53. The maximum Gasteiger partial charge on any atom is 0.0840 e. The lowest BCUT2D eigenvalue weighted by Gasteiger charge is -2.43. The maximum absolute atomic E-state index is 5.62. The fourth-order valence-corrected chi connectivity index (χ4v) is 4.45. The van der Waals surface area contributed by atoms with E-state index < -0.39 is 0 Å². The zero-order chi connectivity index (χ0) is 12.0. The average molecular weight is 234 g/mol. The van der Waals surface area contributed by atoms with Crippen molar-refractivity contribution in [3.63, 3.8) is 0 Å². The van der Waals surface area contributed by atoms with Crippen LogP contribution < -0.4 is 0 Å². The van der Waals surface area contributed by atoms with Gasteiger partial charge in [0.2, 0.25) is 0 Å². The Labute approximate surface area is 106 Å². The van der Waals surface area contributed by atoms with E-state index in [4.69, 9.17) is 4.74 Å². The minimum absolute atomic E-state index is 0.626. The first kappa shape index (κ1) is 11.8. The second-order valence-corrected chi connectivity index (χ2v) is 6.55. The minimum Gasteiger partial charge on any atom is -0.373 e. The molecule has 1 heterocycles. The second kappa shape index (κ2) is 4.42. The second-order valence-electron chi connectivity index (χ2n) is 6.55. The molecule has 3 fully saturated rings. The minimum atomic E-state index is 0.626. The van der Waals surface area contributed by atoms with Gasteiger partial charge in [-0.25, -0.2) is 0 Å². The third kappa shape index (κ3) is 2.19. The van der Waals surface area contributed by atoms with Crippen molar-refractivity contribution in [1.82, 2.24) is 0 Å². The Morgan fingerprint density at radius 1 is 1.24 bits per heavy atom. The molecular formula is C16H26O. The van der Waals surface area contributed by atoms with Crippen LogP contribution in [0.5, 0.6) is 0 Å². The van der Waals surface area contributed by atoms with Gasteiger partial charge >= 0.3 is 0 Å². The molecule has 1 saturated heterocycles. The van der Waals surface area contributed by atoms with Crippen molar-refractivity contribution in [2.45, 2.75) is 52.1 Å². The van der Waals surface area contributed by atoms with E-state index in [-0.39, 0.29) is 0 Å². The van der Waals surface area contributed by atoms with Gasteiger partial charge in [-0.1, -0.05) is 25.5 Å². The van der Waals surface area contributed by atoms with Gasteiger partial charge in [0.15, 0.2) is 0 Å². The summed E-state index contributed by atoms with van der Waals surface area (Å²) in [5, 5.41) is 0. The molecule has 0 amide bonds. The smallest absolute Gasteiger partial charge is 0.0840 e. The Morgan fingerprint density at radius 3 is 2.41 bits per heavy atom. The van der Waals surface area contributed by atoms with Crippen LogP contribution in [0.1, 0.15) is 46.0 Å². The molecule has 2 aliphatic carbocycles. The van der Waals surface area contributed by atoms with Gasteiger partial charge in [-0.2, -0.15) is 0 Å². The predicted octanol–water partition coefficient (Wildman–Crippen LogP) is 4.04. The standard InChI is InChI=1S/C16H26O/c1-4-12-13(10(2)3)7-8-14(15-9-17-15)16(12)11-5-6-11/h11-16H,2,4-9H2,1,3H3. The third-order valence-electron chi connectivity index (χ3n) is 5.42. The van der Waals surface area contributed by atoms with Crippen LogP contribution in [-0.4, -0.2) is 12.7 Å². The molecule has 0 spiro atoms. The molecule has 5 atom stereocenters. The summed E-state index contributed by atoms with van der Waals surface area (Å²) < 4.78 is 5.62. The van der Waals surface area contributed by atoms with Crippen molar-refractivity contribution < 1.29 is 4.74 Å². The van der Waals surface area contributed by atoms with Gasteiger partial charge < -0.3 is 4.74 Å². The lowest BCUT2D eigenvalue weighted by atomic mass is 9.61. The molecule has 1 aliphatic heterocycles. The topological polar surface area (TPSA) is 12.5 Å². The van der Waals surface area contributed by atoms with Crippen LogP contribution in [0.2, 0.25) is 0 Å². The molecule has 0 radical (unpaired) electrons. The van der Waals surface area contributed by atoms with Crippen molar-refractivity contribution in [3.8, 4) is 0 Å². The van der Waals surface area contributed by atoms with Crippen molar-refractivity contribution in [3.05, 3.63) is 12.2 Å². The molecule has 1 heteroatoms. The van der Waals surface area contributed by atoms with Gasteiger partial charge in [-0.15, -0.1) is 0 Å². The fraction of sp³-hybridized carbons (Fsp3) is 0.875. The summed E-state index contributed by atoms with van der Waals surface area (Å²) >= 11 is 0. The predicted molar refractivity (Wildman–Crippen MR) is 70.8 cm³/mol. The Kier molecular flexibility index (Phi) is 3.06. The Bertz CT molecular complexity index is 301. The van der Waals surface area contributed by atoms with Crippen molar-refractivity contribution in [2.75, 3.05) is 6.61 Å². The number of allylic oxidation sites excluding steroid dienone is 1. The van der Waals surface area contributed by atoms with Crippen molar-refractivity contribution in [2.24, 2.45) is 29.6 Å². The zero-order valence-electron chi connectivity index (χ0n) is 11.3. The summed E-state index contributed by atoms with van der Waals surface area (Å²) in [6.07, 6.45) is 7.67. The molecule has 96 valence electrons. The van der Waals surface area contributed by atoms with E-state index in [0.29, 0.717) is 6.10 Å². The molecule has 3 aliphatic rings. The highest BCUT2D eigenvalue weighted by molar-refractivity contribution is 5.07. The highest BCUT2D eigenvalue weighted by Crippen LogP contribution is 2.55. The average Bonchev–Trinajstić information content (AvgIpc) is 3.18. The number of hydrogen-bond acceptors (Lipinski definition) is 1. The van der Waals surface area contributed by atoms with E-state index in [2.05, 4.69) is 20.4 Å². The van der Waals surface area contributed by atoms with Gasteiger partial charge in [-0.05, 0) is 62.2 Å². The normalized spacial score (nSPS) is 45.6. The van der Waals surface area contributed by atoms with Crippen LogP contribution in [0.15, 0.2) is 12.2 Å². The van der Waals surface area contributed by atoms with Crippen LogP contribution in [-0.2, 0) is 4.74 Å². The Balaban J connectivity index is 1.80. The number of ether oxygens (including phenoxy) is 1. The highest BCUT2D eigenvalue weighted by Gasteiger charge is 2.50. The van der Waals surface area contributed by atoms with E-state index in [1.54, 1.807) is 0 Å². The molecule has 0 N–H and O–H groups in total. The molecule has 0 aromatic carbocycles. The number of rotatable bonds is 4. The molecule has 3 rings (SSSR count). The van der Waals surface area contributed by atoms with E-state index in [1.165, 1.54) is 37.7 Å². The van der Waals surface area contributed by atoms with Crippen LogP contribution in [0, 0.1) is 29.6 Å². The summed E-state index contributed by atoms with van der Waals surface area (Å²) in [7, 11) is 0. The first-order valence-corrected chi connectivity index (χ1v) is 7.49. The number of hydrogen-bond donors (Lipinski definition) is 0. The molecule has 0 aromatic rings. The molecular weight excluding hydrogens is 208 g/mol. The summed E-state index contributed by atoms with van der Waals surface area (Å²) in [6.45, 7) is 9.91. The van der Waals surface area contributed by atoms with Crippen LogP contribution in [0.4, 0.5) is 0 Å². The maximum atomic E-state index is 5.62. The molecule has 1 nitrogen and oxygen atoms in total. The molecule has 5 unspecified atom stereocenters. The molecule has 2 saturated carbocycles. The SMILES string of the molecule is C=C(C)C1CCC(C2CO2)C(C2CC2)C1CC. The summed E-state index contributed by atoms with van der Waals surface area (Å²) in [6, 6.07) is 0. The quantitative estimate of drug-likeness (QED) is 0.528. The lowest BCUT2D eigenvalue weighted by Crippen LogP contribution is -2.38. The largest absolute Gasteiger partial charge is 0.373 e.